The Hall–Kier alpha value is -3.15. The van der Waals surface area contributed by atoms with E-state index < -0.39 is 6.04 Å². The molecule has 0 aliphatic rings. The number of hydrogen-bond donors (Lipinski definition) is 3. The van der Waals surface area contributed by atoms with Crippen molar-refractivity contribution in [2.75, 3.05) is 11.9 Å². The van der Waals surface area contributed by atoms with Gasteiger partial charge in [-0.1, -0.05) is 38.1 Å². The molecule has 6 nitrogen and oxygen atoms in total. The Morgan fingerprint density at radius 1 is 0.964 bits per heavy atom. The highest BCUT2D eigenvalue weighted by molar-refractivity contribution is 6.02. The smallest absolute Gasteiger partial charge is 0.252 e. The first kappa shape index (κ1) is 21.2. The zero-order valence-corrected chi connectivity index (χ0v) is 16.7. The van der Waals surface area contributed by atoms with E-state index in [1.54, 1.807) is 36.4 Å². The van der Waals surface area contributed by atoms with Crippen LogP contribution in [0.2, 0.25) is 0 Å². The molecule has 28 heavy (non-hydrogen) atoms. The van der Waals surface area contributed by atoms with Crippen LogP contribution in [0.3, 0.4) is 0 Å². The van der Waals surface area contributed by atoms with Gasteiger partial charge in [0.2, 0.25) is 5.91 Å². The van der Waals surface area contributed by atoms with Gasteiger partial charge in [0.25, 0.3) is 11.8 Å². The molecular weight excluding hydrogens is 354 g/mol. The number of aryl methyl sites for hydroxylation is 1. The van der Waals surface area contributed by atoms with E-state index in [0.717, 1.165) is 5.56 Å². The van der Waals surface area contributed by atoms with Crippen LogP contribution in [0, 0.1) is 12.8 Å². The number of rotatable bonds is 7. The highest BCUT2D eigenvalue weighted by Gasteiger charge is 2.25. The first-order valence-corrected chi connectivity index (χ1v) is 9.39. The van der Waals surface area contributed by atoms with Crippen LogP contribution in [-0.4, -0.2) is 30.3 Å². The Bertz CT molecular complexity index is 862. The van der Waals surface area contributed by atoms with E-state index >= 15 is 0 Å². The lowest BCUT2D eigenvalue weighted by molar-refractivity contribution is -0.118. The van der Waals surface area contributed by atoms with Crippen LogP contribution in [0.25, 0.3) is 0 Å². The van der Waals surface area contributed by atoms with Crippen molar-refractivity contribution in [1.29, 1.82) is 0 Å². The fourth-order valence-corrected chi connectivity index (χ4v) is 2.80. The Labute approximate surface area is 165 Å². The van der Waals surface area contributed by atoms with Crippen molar-refractivity contribution >= 4 is 23.4 Å². The molecule has 0 saturated heterocycles. The molecule has 0 aliphatic carbocycles. The molecule has 6 heteroatoms. The molecule has 2 aromatic rings. The molecule has 3 N–H and O–H groups in total. The zero-order chi connectivity index (χ0) is 20.7. The highest BCUT2D eigenvalue weighted by Crippen LogP contribution is 2.14. The number of hydrogen-bond acceptors (Lipinski definition) is 3. The lowest BCUT2D eigenvalue weighted by atomic mass is 10.0. The summed E-state index contributed by atoms with van der Waals surface area (Å²) in [6.07, 6.45) is 0. The molecule has 0 heterocycles. The first-order valence-electron chi connectivity index (χ1n) is 9.39. The lowest BCUT2D eigenvalue weighted by Gasteiger charge is -2.22. The summed E-state index contributed by atoms with van der Waals surface area (Å²) in [5, 5.41) is 8.34. The summed E-state index contributed by atoms with van der Waals surface area (Å²) in [7, 11) is 0. The molecule has 2 aromatic carbocycles. The maximum Gasteiger partial charge on any atom is 0.252 e. The van der Waals surface area contributed by atoms with Gasteiger partial charge in [0.15, 0.2) is 0 Å². The second-order valence-electron chi connectivity index (χ2n) is 6.94. The highest BCUT2D eigenvalue weighted by atomic mass is 16.2. The Morgan fingerprint density at radius 3 is 2.32 bits per heavy atom. The third-order valence-corrected chi connectivity index (χ3v) is 4.36. The predicted octanol–water partition coefficient (Wildman–Crippen LogP) is 3.14. The maximum absolute atomic E-state index is 12.8. The summed E-state index contributed by atoms with van der Waals surface area (Å²) in [4.78, 5) is 37.4. The molecular formula is C22H27N3O3. The van der Waals surface area contributed by atoms with E-state index in [4.69, 9.17) is 0 Å². The van der Waals surface area contributed by atoms with Crippen LogP contribution in [0.15, 0.2) is 48.5 Å². The average molecular weight is 381 g/mol. The average Bonchev–Trinajstić information content (AvgIpc) is 2.66. The van der Waals surface area contributed by atoms with Gasteiger partial charge in [-0.05, 0) is 49.6 Å². The van der Waals surface area contributed by atoms with Crippen LogP contribution in [0.4, 0.5) is 5.69 Å². The van der Waals surface area contributed by atoms with Crippen LogP contribution in [0.1, 0.15) is 47.1 Å². The molecule has 0 saturated carbocycles. The van der Waals surface area contributed by atoms with E-state index in [2.05, 4.69) is 16.0 Å². The van der Waals surface area contributed by atoms with Gasteiger partial charge < -0.3 is 16.0 Å². The quantitative estimate of drug-likeness (QED) is 0.689. The minimum atomic E-state index is -0.708. The molecule has 0 aliphatic heterocycles. The van der Waals surface area contributed by atoms with Crippen LogP contribution in [0.5, 0.6) is 0 Å². The Morgan fingerprint density at radius 2 is 1.68 bits per heavy atom. The van der Waals surface area contributed by atoms with Crippen molar-refractivity contribution in [1.82, 2.24) is 10.6 Å². The van der Waals surface area contributed by atoms with Gasteiger partial charge in [0, 0.05) is 23.4 Å². The largest absolute Gasteiger partial charge is 0.352 e. The number of benzene rings is 2. The van der Waals surface area contributed by atoms with Crippen molar-refractivity contribution < 1.29 is 14.4 Å². The topological polar surface area (TPSA) is 87.3 Å². The van der Waals surface area contributed by atoms with Crippen LogP contribution in [-0.2, 0) is 4.79 Å². The molecule has 3 amide bonds. The monoisotopic (exact) mass is 381 g/mol. The van der Waals surface area contributed by atoms with Crippen molar-refractivity contribution in [3.8, 4) is 0 Å². The van der Waals surface area contributed by atoms with Crippen molar-refractivity contribution in [3.63, 3.8) is 0 Å². The third-order valence-electron chi connectivity index (χ3n) is 4.36. The van der Waals surface area contributed by atoms with E-state index in [1.165, 1.54) is 0 Å². The van der Waals surface area contributed by atoms with Gasteiger partial charge >= 0.3 is 0 Å². The number of nitrogens with one attached hydrogen (secondary N) is 3. The normalized spacial score (nSPS) is 11.6. The fourth-order valence-electron chi connectivity index (χ4n) is 2.80. The Balaban J connectivity index is 2.13. The molecule has 148 valence electrons. The number of carbonyl (C=O) groups is 3. The summed E-state index contributed by atoms with van der Waals surface area (Å²) >= 11 is 0. The molecule has 1 atom stereocenters. The van der Waals surface area contributed by atoms with Crippen molar-refractivity contribution in [3.05, 3.63) is 65.2 Å². The van der Waals surface area contributed by atoms with Gasteiger partial charge in [-0.3, -0.25) is 14.4 Å². The number of carbonyl (C=O) groups excluding carboxylic acids is 3. The molecule has 0 aromatic heterocycles. The van der Waals surface area contributed by atoms with Crippen LogP contribution < -0.4 is 16.0 Å². The Kier molecular flexibility index (Phi) is 7.32. The van der Waals surface area contributed by atoms with Crippen molar-refractivity contribution in [2.24, 2.45) is 5.92 Å². The SMILES string of the molecule is CCNC(=O)c1cccc(NC(=O)C(NC(=O)c2ccccc2C)C(C)C)c1. The summed E-state index contributed by atoms with van der Waals surface area (Å²) in [6.45, 7) is 7.96. The van der Waals surface area contributed by atoms with Gasteiger partial charge in [0.05, 0.1) is 0 Å². The van der Waals surface area contributed by atoms with Gasteiger partial charge in [-0.2, -0.15) is 0 Å². The summed E-state index contributed by atoms with van der Waals surface area (Å²) in [5.74, 6) is -0.931. The second-order valence-corrected chi connectivity index (χ2v) is 6.94. The fraction of sp³-hybridized carbons (Fsp3) is 0.318. The number of anilines is 1. The molecule has 2 rings (SSSR count). The molecule has 0 radical (unpaired) electrons. The molecule has 0 bridgehead atoms. The van der Waals surface area contributed by atoms with E-state index in [-0.39, 0.29) is 23.6 Å². The van der Waals surface area contributed by atoms with E-state index in [0.29, 0.717) is 23.4 Å². The van der Waals surface area contributed by atoms with Crippen LogP contribution >= 0.6 is 0 Å². The van der Waals surface area contributed by atoms with E-state index in [9.17, 15) is 14.4 Å². The maximum atomic E-state index is 12.8. The molecule has 1 unspecified atom stereocenters. The zero-order valence-electron chi connectivity index (χ0n) is 16.7. The standard InChI is InChI=1S/C22H27N3O3/c1-5-23-20(26)16-10-8-11-17(13-16)24-22(28)19(14(2)3)25-21(27)18-12-7-6-9-15(18)4/h6-14,19H,5H2,1-4H3,(H,23,26)(H,24,28)(H,25,27). The van der Waals surface area contributed by atoms with Gasteiger partial charge in [-0.25, -0.2) is 0 Å². The summed E-state index contributed by atoms with van der Waals surface area (Å²) in [5.41, 5.74) is 2.35. The molecule has 0 spiro atoms. The summed E-state index contributed by atoms with van der Waals surface area (Å²) in [6, 6.07) is 13.2. The summed E-state index contributed by atoms with van der Waals surface area (Å²) < 4.78 is 0. The second kappa shape index (κ2) is 9.69. The predicted molar refractivity (Wildman–Crippen MR) is 110 cm³/mol. The number of amides is 3. The third kappa shape index (κ3) is 5.42. The van der Waals surface area contributed by atoms with E-state index in [1.807, 2.05) is 39.8 Å². The van der Waals surface area contributed by atoms with Gasteiger partial charge in [0.1, 0.15) is 6.04 Å². The lowest BCUT2D eigenvalue weighted by Crippen LogP contribution is -2.47. The minimum Gasteiger partial charge on any atom is -0.352 e. The van der Waals surface area contributed by atoms with Crippen molar-refractivity contribution in [2.45, 2.75) is 33.7 Å². The minimum absolute atomic E-state index is 0.112. The van der Waals surface area contributed by atoms with Gasteiger partial charge in [-0.15, -0.1) is 0 Å². The molecule has 0 fully saturated rings. The first-order chi connectivity index (χ1) is 13.3.